The fourth-order valence-corrected chi connectivity index (χ4v) is 2.65. The van der Waals surface area contributed by atoms with Crippen LogP contribution < -0.4 is 0 Å². The Bertz CT molecular complexity index is 568. The SMILES string of the molecule is Cc1cc(CC(=O)N2CC(C)(C)OC(C)(C(F)(F)F)C2)no1. The molecule has 5 nitrogen and oxygen atoms in total. The molecule has 0 aliphatic carbocycles. The second-order valence-corrected chi connectivity index (χ2v) is 6.45. The molecule has 0 spiro atoms. The number of nitrogens with zero attached hydrogens (tertiary/aromatic N) is 2. The van der Waals surface area contributed by atoms with Crippen molar-refractivity contribution in [2.45, 2.75) is 51.5 Å². The second kappa shape index (κ2) is 5.26. The summed E-state index contributed by atoms with van der Waals surface area (Å²) in [7, 11) is 0. The van der Waals surface area contributed by atoms with E-state index in [1.165, 1.54) is 18.7 Å². The molecule has 0 N–H and O–H groups in total. The number of halogens is 3. The Balaban J connectivity index is 2.17. The highest BCUT2D eigenvalue weighted by molar-refractivity contribution is 5.78. The van der Waals surface area contributed by atoms with Gasteiger partial charge in [0, 0.05) is 12.6 Å². The van der Waals surface area contributed by atoms with E-state index in [0.717, 1.165) is 6.92 Å². The third-order valence-electron chi connectivity index (χ3n) is 3.53. The largest absolute Gasteiger partial charge is 0.418 e. The number of alkyl halides is 3. The summed E-state index contributed by atoms with van der Waals surface area (Å²) in [6.07, 6.45) is -4.66. The molecule has 1 saturated heterocycles. The molecule has 2 heterocycles. The molecule has 0 aromatic carbocycles. The number of ether oxygens (including phenoxy) is 1. The van der Waals surface area contributed by atoms with Gasteiger partial charge in [-0.15, -0.1) is 0 Å². The number of aryl methyl sites for hydroxylation is 1. The van der Waals surface area contributed by atoms with Crippen LogP contribution in [0.2, 0.25) is 0 Å². The van der Waals surface area contributed by atoms with Gasteiger partial charge in [0.2, 0.25) is 5.91 Å². The fraction of sp³-hybridized carbons (Fsp3) is 0.714. The number of carbonyl (C=O) groups is 1. The van der Waals surface area contributed by atoms with Gasteiger partial charge in [-0.1, -0.05) is 5.16 Å². The van der Waals surface area contributed by atoms with Crippen molar-refractivity contribution in [3.05, 3.63) is 17.5 Å². The van der Waals surface area contributed by atoms with Gasteiger partial charge in [-0.2, -0.15) is 13.2 Å². The Hall–Kier alpha value is -1.57. The predicted octanol–water partition coefficient (Wildman–Crippen LogP) is 2.48. The molecule has 1 fully saturated rings. The normalized spacial score (nSPS) is 25.3. The smallest absolute Gasteiger partial charge is 0.361 e. The average molecular weight is 320 g/mol. The number of hydrogen-bond acceptors (Lipinski definition) is 4. The first-order valence-electron chi connectivity index (χ1n) is 6.89. The minimum absolute atomic E-state index is 0.0916. The predicted molar refractivity (Wildman–Crippen MR) is 71.1 cm³/mol. The Morgan fingerprint density at radius 2 is 2.00 bits per heavy atom. The van der Waals surface area contributed by atoms with E-state index in [1.54, 1.807) is 13.0 Å². The van der Waals surface area contributed by atoms with Crippen molar-refractivity contribution in [2.24, 2.45) is 0 Å². The highest BCUT2D eigenvalue weighted by Crippen LogP contribution is 2.40. The van der Waals surface area contributed by atoms with E-state index in [4.69, 9.17) is 9.26 Å². The molecular weight excluding hydrogens is 301 g/mol. The van der Waals surface area contributed by atoms with Gasteiger partial charge in [0.25, 0.3) is 0 Å². The van der Waals surface area contributed by atoms with Crippen molar-refractivity contribution in [3.8, 4) is 0 Å². The number of rotatable bonds is 2. The molecule has 8 heteroatoms. The number of amides is 1. The van der Waals surface area contributed by atoms with Crippen LogP contribution in [0.3, 0.4) is 0 Å². The van der Waals surface area contributed by atoms with E-state index in [1.807, 2.05) is 0 Å². The molecule has 1 aliphatic heterocycles. The highest BCUT2D eigenvalue weighted by Gasteiger charge is 2.58. The van der Waals surface area contributed by atoms with Crippen molar-refractivity contribution in [3.63, 3.8) is 0 Å². The Morgan fingerprint density at radius 3 is 2.50 bits per heavy atom. The van der Waals surface area contributed by atoms with Gasteiger partial charge in [-0.05, 0) is 27.7 Å². The Morgan fingerprint density at radius 1 is 1.36 bits per heavy atom. The maximum Gasteiger partial charge on any atom is 0.418 e. The summed E-state index contributed by atoms with van der Waals surface area (Å²) < 4.78 is 49.8. The summed E-state index contributed by atoms with van der Waals surface area (Å²) in [6.45, 7) is 5.28. The van der Waals surface area contributed by atoms with Gasteiger partial charge in [0.15, 0.2) is 5.60 Å². The summed E-state index contributed by atoms with van der Waals surface area (Å²) in [5.41, 5.74) is -3.07. The van der Waals surface area contributed by atoms with Gasteiger partial charge >= 0.3 is 6.18 Å². The van der Waals surface area contributed by atoms with Crippen molar-refractivity contribution in [1.29, 1.82) is 0 Å². The van der Waals surface area contributed by atoms with Crippen LogP contribution in [0.15, 0.2) is 10.6 Å². The molecule has 1 aromatic rings. The minimum Gasteiger partial charge on any atom is -0.361 e. The molecule has 0 bridgehead atoms. The monoisotopic (exact) mass is 320 g/mol. The van der Waals surface area contributed by atoms with Crippen LogP contribution in [0.5, 0.6) is 0 Å². The van der Waals surface area contributed by atoms with E-state index in [2.05, 4.69) is 5.16 Å². The van der Waals surface area contributed by atoms with Gasteiger partial charge in [0.05, 0.1) is 24.3 Å². The van der Waals surface area contributed by atoms with Gasteiger partial charge < -0.3 is 14.2 Å². The summed E-state index contributed by atoms with van der Waals surface area (Å²) in [5, 5.41) is 3.70. The Labute approximate surface area is 126 Å². The van der Waals surface area contributed by atoms with E-state index in [0.29, 0.717) is 11.5 Å². The zero-order valence-electron chi connectivity index (χ0n) is 13.0. The summed E-state index contributed by atoms with van der Waals surface area (Å²) in [4.78, 5) is 13.5. The lowest BCUT2D eigenvalue weighted by atomic mass is 9.96. The van der Waals surface area contributed by atoms with Crippen molar-refractivity contribution < 1.29 is 27.2 Å². The lowest BCUT2D eigenvalue weighted by molar-refractivity contribution is -0.319. The van der Waals surface area contributed by atoms with Crippen molar-refractivity contribution >= 4 is 5.91 Å². The topological polar surface area (TPSA) is 55.6 Å². The maximum atomic E-state index is 13.2. The zero-order chi connectivity index (χ0) is 16.8. The molecule has 1 atom stereocenters. The van der Waals surface area contributed by atoms with Crippen LogP contribution in [0, 0.1) is 6.92 Å². The molecule has 0 saturated carbocycles. The molecule has 1 aromatic heterocycles. The molecule has 1 amide bonds. The van der Waals surface area contributed by atoms with Crippen molar-refractivity contribution in [1.82, 2.24) is 10.1 Å². The molecule has 1 aliphatic rings. The maximum absolute atomic E-state index is 13.2. The van der Waals surface area contributed by atoms with Crippen LogP contribution in [-0.2, 0) is 16.0 Å². The first-order valence-corrected chi connectivity index (χ1v) is 6.89. The van der Waals surface area contributed by atoms with Crippen LogP contribution in [-0.4, -0.2) is 46.4 Å². The van der Waals surface area contributed by atoms with Gasteiger partial charge in [-0.3, -0.25) is 4.79 Å². The first-order chi connectivity index (χ1) is 9.92. The lowest BCUT2D eigenvalue weighted by Gasteiger charge is -2.48. The minimum atomic E-state index is -4.56. The van der Waals surface area contributed by atoms with E-state index in [9.17, 15) is 18.0 Å². The van der Waals surface area contributed by atoms with E-state index < -0.39 is 29.8 Å². The van der Waals surface area contributed by atoms with E-state index >= 15 is 0 Å². The average Bonchev–Trinajstić information content (AvgIpc) is 2.70. The standard InChI is InChI=1S/C14H19F3N2O3/c1-9-5-10(18-21-9)6-11(20)19-7-12(2,3)22-13(4,8-19)14(15,16)17/h5H,6-8H2,1-4H3. The Kier molecular flexibility index (Phi) is 4.01. The molecule has 1 unspecified atom stereocenters. The van der Waals surface area contributed by atoms with Crippen LogP contribution >= 0.6 is 0 Å². The third kappa shape index (κ3) is 3.43. The summed E-state index contributed by atoms with van der Waals surface area (Å²) >= 11 is 0. The number of aromatic nitrogens is 1. The lowest BCUT2D eigenvalue weighted by Crippen LogP contribution is -2.65. The molecule has 22 heavy (non-hydrogen) atoms. The highest BCUT2D eigenvalue weighted by atomic mass is 19.4. The quantitative estimate of drug-likeness (QED) is 0.840. The zero-order valence-corrected chi connectivity index (χ0v) is 13.0. The summed E-state index contributed by atoms with van der Waals surface area (Å²) in [6, 6.07) is 1.59. The van der Waals surface area contributed by atoms with Gasteiger partial charge in [-0.25, -0.2) is 0 Å². The summed E-state index contributed by atoms with van der Waals surface area (Å²) in [5.74, 6) is 0.116. The molecular formula is C14H19F3N2O3. The molecule has 124 valence electrons. The van der Waals surface area contributed by atoms with E-state index in [-0.39, 0.29) is 13.0 Å². The number of carbonyl (C=O) groups excluding carboxylic acids is 1. The van der Waals surface area contributed by atoms with Gasteiger partial charge in [0.1, 0.15) is 5.76 Å². The molecule has 2 rings (SSSR count). The third-order valence-corrected chi connectivity index (χ3v) is 3.53. The number of morpholine rings is 1. The van der Waals surface area contributed by atoms with Crippen molar-refractivity contribution in [2.75, 3.05) is 13.1 Å². The van der Waals surface area contributed by atoms with Crippen LogP contribution in [0.4, 0.5) is 13.2 Å². The fourth-order valence-electron chi connectivity index (χ4n) is 2.65. The second-order valence-electron chi connectivity index (χ2n) is 6.45. The number of hydrogen-bond donors (Lipinski definition) is 0. The first kappa shape index (κ1) is 16.8. The molecule has 0 radical (unpaired) electrons. The van der Waals surface area contributed by atoms with Crippen LogP contribution in [0.25, 0.3) is 0 Å². The van der Waals surface area contributed by atoms with Crippen LogP contribution in [0.1, 0.15) is 32.2 Å².